The molecule has 1 heterocycles. The third-order valence-electron chi connectivity index (χ3n) is 1.60. The van der Waals surface area contributed by atoms with Gasteiger partial charge in [0.2, 0.25) is 6.41 Å². The normalized spacial score (nSPS) is 22.5. The van der Waals surface area contributed by atoms with Gasteiger partial charge in [-0.15, -0.1) is 0 Å². The summed E-state index contributed by atoms with van der Waals surface area (Å²) >= 11 is 0. The first-order chi connectivity index (χ1) is 5.24. The number of likely N-dealkylation sites (tertiary alicyclic amines) is 1. The average Bonchev–Trinajstić information content (AvgIpc) is 2.37. The van der Waals surface area contributed by atoms with Gasteiger partial charge < -0.3 is 9.64 Å². The van der Waals surface area contributed by atoms with Crippen LogP contribution < -0.4 is 0 Å². The van der Waals surface area contributed by atoms with Crippen LogP contribution in [0.25, 0.3) is 0 Å². The van der Waals surface area contributed by atoms with Crippen LogP contribution in [0.5, 0.6) is 0 Å². The average molecular weight is 159 g/mol. The molecule has 66 valence electrons. The van der Waals surface area contributed by atoms with Gasteiger partial charge in [0.15, 0.2) is 0 Å². The van der Waals surface area contributed by atoms with Gasteiger partial charge in [-0.25, -0.2) is 0 Å². The standard InChI is InChI=1S/C6H11NO.C2H6O/c1-6-2-3-7(4-6)5-8;1-3-2/h5-6H,2-4H2,1H3;1-2H3/t6-;/m1./s1. The highest BCUT2D eigenvalue weighted by Gasteiger charge is 2.15. The van der Waals surface area contributed by atoms with Crippen molar-refractivity contribution in [2.75, 3.05) is 27.3 Å². The molecule has 1 aliphatic rings. The maximum absolute atomic E-state index is 10.1. The fraction of sp³-hybridized carbons (Fsp3) is 0.875. The molecular formula is C8H17NO2. The summed E-state index contributed by atoms with van der Waals surface area (Å²) in [5.41, 5.74) is 0. The van der Waals surface area contributed by atoms with E-state index < -0.39 is 0 Å². The first-order valence-corrected chi connectivity index (χ1v) is 3.84. The van der Waals surface area contributed by atoms with Crippen LogP contribution in [0.1, 0.15) is 13.3 Å². The number of methoxy groups -OCH3 is 1. The molecule has 1 rings (SSSR count). The molecule has 0 saturated carbocycles. The molecule has 1 amide bonds. The number of carbonyl (C=O) groups excluding carboxylic acids is 1. The van der Waals surface area contributed by atoms with E-state index >= 15 is 0 Å². The Morgan fingerprint density at radius 1 is 1.55 bits per heavy atom. The Hall–Kier alpha value is -0.570. The van der Waals surface area contributed by atoms with Gasteiger partial charge in [0.05, 0.1) is 0 Å². The molecule has 3 heteroatoms. The number of ether oxygens (including phenoxy) is 1. The molecule has 0 aromatic carbocycles. The van der Waals surface area contributed by atoms with E-state index in [2.05, 4.69) is 11.7 Å². The SMILES string of the molecule is COC.C[C@@H]1CCN(C=O)C1. The van der Waals surface area contributed by atoms with Crippen LogP contribution in [-0.2, 0) is 9.53 Å². The summed E-state index contributed by atoms with van der Waals surface area (Å²) in [6, 6.07) is 0. The predicted octanol–water partition coefficient (Wildman–Crippen LogP) is 0.747. The Bertz CT molecular complexity index is 106. The van der Waals surface area contributed by atoms with E-state index in [0.717, 1.165) is 25.4 Å². The fourth-order valence-electron chi connectivity index (χ4n) is 1.06. The molecule has 1 aliphatic heterocycles. The number of rotatable bonds is 1. The van der Waals surface area contributed by atoms with Crippen LogP contribution in [0.2, 0.25) is 0 Å². The summed E-state index contributed by atoms with van der Waals surface area (Å²) in [5, 5.41) is 0. The monoisotopic (exact) mass is 159 g/mol. The van der Waals surface area contributed by atoms with Gasteiger partial charge in [0.25, 0.3) is 0 Å². The molecule has 0 aromatic heterocycles. The summed E-state index contributed by atoms with van der Waals surface area (Å²) in [7, 11) is 3.25. The van der Waals surface area contributed by atoms with E-state index in [0.29, 0.717) is 0 Å². The molecule has 1 saturated heterocycles. The Labute approximate surface area is 68.3 Å². The molecule has 0 bridgehead atoms. The molecule has 0 N–H and O–H groups in total. The highest BCUT2D eigenvalue weighted by Crippen LogP contribution is 2.11. The fourth-order valence-corrected chi connectivity index (χ4v) is 1.06. The van der Waals surface area contributed by atoms with E-state index in [1.54, 1.807) is 14.2 Å². The van der Waals surface area contributed by atoms with E-state index in [9.17, 15) is 4.79 Å². The third kappa shape index (κ3) is 4.79. The zero-order chi connectivity index (χ0) is 8.69. The van der Waals surface area contributed by atoms with Crippen molar-refractivity contribution in [1.29, 1.82) is 0 Å². The Morgan fingerprint density at radius 2 is 2.09 bits per heavy atom. The smallest absolute Gasteiger partial charge is 0.209 e. The quantitative estimate of drug-likeness (QED) is 0.528. The van der Waals surface area contributed by atoms with Gasteiger partial charge in [-0.1, -0.05) is 6.92 Å². The highest BCUT2D eigenvalue weighted by atomic mass is 16.4. The van der Waals surface area contributed by atoms with Crippen molar-refractivity contribution in [2.24, 2.45) is 5.92 Å². The summed E-state index contributed by atoms with van der Waals surface area (Å²) in [6.45, 7) is 4.09. The Kier molecular flexibility index (Phi) is 5.84. The molecule has 0 radical (unpaired) electrons. The maximum atomic E-state index is 10.1. The molecule has 3 nitrogen and oxygen atoms in total. The molecule has 1 fully saturated rings. The highest BCUT2D eigenvalue weighted by molar-refractivity contribution is 5.47. The molecule has 0 spiro atoms. The van der Waals surface area contributed by atoms with Crippen LogP contribution in [0, 0.1) is 5.92 Å². The largest absolute Gasteiger partial charge is 0.388 e. The maximum Gasteiger partial charge on any atom is 0.209 e. The van der Waals surface area contributed by atoms with Gasteiger partial charge in [-0.3, -0.25) is 4.79 Å². The van der Waals surface area contributed by atoms with Crippen LogP contribution in [0.4, 0.5) is 0 Å². The van der Waals surface area contributed by atoms with Gasteiger partial charge >= 0.3 is 0 Å². The predicted molar refractivity (Wildman–Crippen MR) is 44.4 cm³/mol. The Balaban J connectivity index is 0.000000292. The van der Waals surface area contributed by atoms with Crippen molar-refractivity contribution < 1.29 is 9.53 Å². The lowest BCUT2D eigenvalue weighted by Gasteiger charge is -2.04. The second-order valence-electron chi connectivity index (χ2n) is 2.90. The van der Waals surface area contributed by atoms with E-state index in [1.165, 1.54) is 6.42 Å². The minimum absolute atomic E-state index is 0.722. The molecular weight excluding hydrogens is 142 g/mol. The lowest BCUT2D eigenvalue weighted by Crippen LogP contribution is -2.17. The summed E-state index contributed by atoms with van der Waals surface area (Å²) < 4.78 is 4.25. The van der Waals surface area contributed by atoms with Crippen LogP contribution in [-0.4, -0.2) is 38.6 Å². The zero-order valence-corrected chi connectivity index (χ0v) is 7.54. The molecule has 0 unspecified atom stereocenters. The number of amides is 1. The molecule has 1 atom stereocenters. The van der Waals surface area contributed by atoms with Crippen molar-refractivity contribution in [1.82, 2.24) is 4.90 Å². The van der Waals surface area contributed by atoms with Crippen molar-refractivity contribution in [2.45, 2.75) is 13.3 Å². The number of hydrogen-bond acceptors (Lipinski definition) is 2. The summed E-state index contributed by atoms with van der Waals surface area (Å²) in [5.74, 6) is 0.722. The topological polar surface area (TPSA) is 29.5 Å². The minimum atomic E-state index is 0.722. The second-order valence-corrected chi connectivity index (χ2v) is 2.90. The zero-order valence-electron chi connectivity index (χ0n) is 7.54. The van der Waals surface area contributed by atoms with E-state index in [-0.39, 0.29) is 0 Å². The number of carbonyl (C=O) groups is 1. The summed E-state index contributed by atoms with van der Waals surface area (Å²) in [4.78, 5) is 11.9. The number of nitrogens with zero attached hydrogens (tertiary/aromatic N) is 1. The van der Waals surface area contributed by atoms with Crippen LogP contribution in [0.15, 0.2) is 0 Å². The van der Waals surface area contributed by atoms with Gasteiger partial charge in [-0.2, -0.15) is 0 Å². The van der Waals surface area contributed by atoms with Crippen molar-refractivity contribution >= 4 is 6.41 Å². The second kappa shape index (κ2) is 6.16. The van der Waals surface area contributed by atoms with Gasteiger partial charge in [-0.05, 0) is 12.3 Å². The van der Waals surface area contributed by atoms with Crippen LogP contribution in [0.3, 0.4) is 0 Å². The third-order valence-corrected chi connectivity index (χ3v) is 1.60. The molecule has 0 aliphatic carbocycles. The van der Waals surface area contributed by atoms with Crippen LogP contribution >= 0.6 is 0 Å². The van der Waals surface area contributed by atoms with E-state index in [4.69, 9.17) is 0 Å². The first kappa shape index (κ1) is 10.4. The summed E-state index contributed by atoms with van der Waals surface area (Å²) in [6.07, 6.45) is 2.11. The number of hydrogen-bond donors (Lipinski definition) is 0. The lowest BCUT2D eigenvalue weighted by molar-refractivity contribution is -0.117. The first-order valence-electron chi connectivity index (χ1n) is 3.84. The van der Waals surface area contributed by atoms with Crippen molar-refractivity contribution in [3.05, 3.63) is 0 Å². The van der Waals surface area contributed by atoms with Crippen molar-refractivity contribution in [3.63, 3.8) is 0 Å². The lowest BCUT2D eigenvalue weighted by atomic mass is 10.2. The van der Waals surface area contributed by atoms with Gasteiger partial charge in [0.1, 0.15) is 0 Å². The minimum Gasteiger partial charge on any atom is -0.388 e. The van der Waals surface area contributed by atoms with Gasteiger partial charge in [0, 0.05) is 27.3 Å². The molecule has 11 heavy (non-hydrogen) atoms. The molecule has 0 aromatic rings. The Morgan fingerprint density at radius 3 is 2.27 bits per heavy atom. The van der Waals surface area contributed by atoms with E-state index in [1.807, 2.05) is 4.90 Å². The van der Waals surface area contributed by atoms with Crippen molar-refractivity contribution in [3.8, 4) is 0 Å².